The van der Waals surface area contributed by atoms with Gasteiger partial charge in [-0.05, 0) is 24.6 Å². The van der Waals surface area contributed by atoms with Gasteiger partial charge in [0.15, 0.2) is 6.79 Å². The SMILES string of the molecule is CCC(C(=O)O)c1c(C(=O)c2cccc(OCOC)c2)[nH]c2ccccc12. The zero-order valence-electron chi connectivity index (χ0n) is 15.2. The molecule has 2 aromatic carbocycles. The highest BCUT2D eigenvalue weighted by Crippen LogP contribution is 2.33. The van der Waals surface area contributed by atoms with Gasteiger partial charge in [-0.15, -0.1) is 0 Å². The number of hydrogen-bond acceptors (Lipinski definition) is 4. The third kappa shape index (κ3) is 3.71. The molecule has 6 heteroatoms. The van der Waals surface area contributed by atoms with E-state index < -0.39 is 11.9 Å². The van der Waals surface area contributed by atoms with E-state index in [4.69, 9.17) is 9.47 Å². The molecule has 1 atom stereocenters. The summed E-state index contributed by atoms with van der Waals surface area (Å²) in [7, 11) is 1.52. The van der Waals surface area contributed by atoms with Gasteiger partial charge in [-0.3, -0.25) is 9.59 Å². The topological polar surface area (TPSA) is 88.6 Å². The van der Waals surface area contributed by atoms with Crippen LogP contribution in [0.2, 0.25) is 0 Å². The predicted octanol–water partition coefficient (Wildman–Crippen LogP) is 3.96. The lowest BCUT2D eigenvalue weighted by molar-refractivity contribution is -0.138. The van der Waals surface area contributed by atoms with Crippen molar-refractivity contribution in [3.63, 3.8) is 0 Å². The van der Waals surface area contributed by atoms with Crippen LogP contribution in [0.4, 0.5) is 0 Å². The van der Waals surface area contributed by atoms with Crippen LogP contribution in [0.15, 0.2) is 48.5 Å². The Kier molecular flexibility index (Phi) is 5.57. The number of carboxylic acid groups (broad SMARTS) is 1. The van der Waals surface area contributed by atoms with Crippen molar-refractivity contribution in [2.45, 2.75) is 19.3 Å². The smallest absolute Gasteiger partial charge is 0.311 e. The molecule has 3 rings (SSSR count). The summed E-state index contributed by atoms with van der Waals surface area (Å²) in [6.07, 6.45) is 0.383. The number of carbonyl (C=O) groups is 2. The van der Waals surface area contributed by atoms with Gasteiger partial charge in [0.1, 0.15) is 5.75 Å². The number of nitrogens with one attached hydrogen (secondary N) is 1. The zero-order chi connectivity index (χ0) is 19.4. The molecule has 140 valence electrons. The Hall–Kier alpha value is -3.12. The van der Waals surface area contributed by atoms with Crippen molar-refractivity contribution in [2.75, 3.05) is 13.9 Å². The van der Waals surface area contributed by atoms with Crippen LogP contribution < -0.4 is 4.74 Å². The Morgan fingerprint density at radius 2 is 1.93 bits per heavy atom. The lowest BCUT2D eigenvalue weighted by atomic mass is 9.91. The van der Waals surface area contributed by atoms with Crippen molar-refractivity contribution in [1.29, 1.82) is 0 Å². The Morgan fingerprint density at radius 1 is 1.15 bits per heavy atom. The van der Waals surface area contributed by atoms with E-state index in [1.807, 2.05) is 24.3 Å². The van der Waals surface area contributed by atoms with Crippen molar-refractivity contribution in [3.8, 4) is 5.75 Å². The molecule has 27 heavy (non-hydrogen) atoms. The summed E-state index contributed by atoms with van der Waals surface area (Å²) in [6.45, 7) is 1.88. The summed E-state index contributed by atoms with van der Waals surface area (Å²) >= 11 is 0. The van der Waals surface area contributed by atoms with Crippen molar-refractivity contribution in [2.24, 2.45) is 0 Å². The quantitative estimate of drug-likeness (QED) is 0.465. The lowest BCUT2D eigenvalue weighted by Gasteiger charge is -2.12. The fraction of sp³-hybridized carbons (Fsp3) is 0.238. The fourth-order valence-corrected chi connectivity index (χ4v) is 3.21. The van der Waals surface area contributed by atoms with Crippen LogP contribution in [0, 0.1) is 0 Å². The molecule has 1 unspecified atom stereocenters. The molecule has 1 heterocycles. The van der Waals surface area contributed by atoms with Crippen molar-refractivity contribution in [1.82, 2.24) is 4.98 Å². The molecule has 0 saturated heterocycles. The molecule has 0 bridgehead atoms. The minimum Gasteiger partial charge on any atom is -0.481 e. The second-order valence-corrected chi connectivity index (χ2v) is 6.17. The average Bonchev–Trinajstić information content (AvgIpc) is 3.06. The monoisotopic (exact) mass is 367 g/mol. The summed E-state index contributed by atoms with van der Waals surface area (Å²) < 4.78 is 10.3. The van der Waals surface area contributed by atoms with Gasteiger partial charge in [-0.25, -0.2) is 0 Å². The number of ketones is 1. The molecule has 1 aromatic heterocycles. The van der Waals surface area contributed by atoms with Crippen LogP contribution in [-0.2, 0) is 9.53 Å². The molecule has 0 spiro atoms. The number of aliphatic carboxylic acids is 1. The number of carboxylic acids is 1. The van der Waals surface area contributed by atoms with Crippen LogP contribution in [0.1, 0.15) is 40.9 Å². The van der Waals surface area contributed by atoms with E-state index in [-0.39, 0.29) is 12.6 Å². The second kappa shape index (κ2) is 8.05. The molecular weight excluding hydrogens is 346 g/mol. The minimum atomic E-state index is -0.950. The number of rotatable bonds is 8. The molecule has 0 aliphatic carbocycles. The molecule has 0 amide bonds. The van der Waals surface area contributed by atoms with Crippen LogP contribution in [-0.4, -0.2) is 35.7 Å². The maximum Gasteiger partial charge on any atom is 0.311 e. The first-order chi connectivity index (χ1) is 13.1. The number of benzene rings is 2. The third-order valence-electron chi connectivity index (χ3n) is 4.47. The van der Waals surface area contributed by atoms with Crippen LogP contribution in [0.25, 0.3) is 10.9 Å². The highest BCUT2D eigenvalue weighted by molar-refractivity contribution is 6.13. The summed E-state index contributed by atoms with van der Waals surface area (Å²) in [5.41, 5.74) is 1.97. The maximum atomic E-state index is 13.2. The van der Waals surface area contributed by atoms with E-state index in [1.165, 1.54) is 7.11 Å². The molecule has 6 nitrogen and oxygen atoms in total. The third-order valence-corrected chi connectivity index (χ3v) is 4.47. The van der Waals surface area contributed by atoms with E-state index in [2.05, 4.69) is 4.98 Å². The van der Waals surface area contributed by atoms with Crippen LogP contribution >= 0.6 is 0 Å². The van der Waals surface area contributed by atoms with Crippen molar-refractivity contribution in [3.05, 3.63) is 65.4 Å². The van der Waals surface area contributed by atoms with Gasteiger partial charge in [0.2, 0.25) is 5.78 Å². The highest BCUT2D eigenvalue weighted by atomic mass is 16.7. The average molecular weight is 367 g/mol. The summed E-state index contributed by atoms with van der Waals surface area (Å²) in [4.78, 5) is 28.1. The molecule has 2 N–H and O–H groups in total. The van der Waals surface area contributed by atoms with Gasteiger partial charge in [0.25, 0.3) is 0 Å². The number of methoxy groups -OCH3 is 1. The highest BCUT2D eigenvalue weighted by Gasteiger charge is 2.28. The molecule has 3 aromatic rings. The van der Waals surface area contributed by atoms with E-state index in [0.29, 0.717) is 29.0 Å². The van der Waals surface area contributed by atoms with E-state index in [9.17, 15) is 14.7 Å². The molecule has 0 radical (unpaired) electrons. The number of H-pyrrole nitrogens is 1. The lowest BCUT2D eigenvalue weighted by Crippen LogP contribution is -2.15. The van der Waals surface area contributed by atoms with Crippen LogP contribution in [0.3, 0.4) is 0 Å². The van der Waals surface area contributed by atoms with E-state index in [1.54, 1.807) is 31.2 Å². The Morgan fingerprint density at radius 3 is 2.63 bits per heavy atom. The number of hydrogen-bond donors (Lipinski definition) is 2. The maximum absolute atomic E-state index is 13.2. The van der Waals surface area contributed by atoms with E-state index >= 15 is 0 Å². The van der Waals surface area contributed by atoms with Gasteiger partial charge in [-0.2, -0.15) is 0 Å². The van der Waals surface area contributed by atoms with E-state index in [0.717, 1.165) is 10.9 Å². The molecule has 0 saturated carbocycles. The van der Waals surface area contributed by atoms with Gasteiger partial charge in [-0.1, -0.05) is 37.3 Å². The molecular formula is C21H21NO5. The van der Waals surface area contributed by atoms with Gasteiger partial charge >= 0.3 is 5.97 Å². The number of para-hydroxylation sites is 1. The van der Waals surface area contributed by atoms with Gasteiger partial charge < -0.3 is 19.6 Å². The molecule has 0 aliphatic rings. The zero-order valence-corrected chi connectivity index (χ0v) is 15.2. The molecule has 0 aliphatic heterocycles. The fourth-order valence-electron chi connectivity index (χ4n) is 3.21. The summed E-state index contributed by atoms with van der Waals surface area (Å²) in [6, 6.07) is 14.1. The number of carbonyl (C=O) groups excluding carboxylic acids is 1. The first kappa shape index (κ1) is 18.7. The largest absolute Gasteiger partial charge is 0.481 e. The Balaban J connectivity index is 2.11. The normalized spacial score (nSPS) is 12.1. The predicted molar refractivity (Wildman–Crippen MR) is 101 cm³/mol. The van der Waals surface area contributed by atoms with Crippen LogP contribution in [0.5, 0.6) is 5.75 Å². The number of ether oxygens (including phenoxy) is 2. The Labute approximate surface area is 156 Å². The standard InChI is InChI=1S/C21H21NO5/c1-3-15(21(24)25)18-16-9-4-5-10-17(16)22-19(18)20(23)13-7-6-8-14(11-13)27-12-26-2/h4-11,15,22H,3,12H2,1-2H3,(H,24,25). The number of aromatic nitrogens is 1. The van der Waals surface area contributed by atoms with Gasteiger partial charge in [0, 0.05) is 29.1 Å². The van der Waals surface area contributed by atoms with Crippen molar-refractivity contribution < 1.29 is 24.2 Å². The first-order valence-corrected chi connectivity index (χ1v) is 8.66. The number of aromatic amines is 1. The molecule has 0 fully saturated rings. The number of fused-ring (bicyclic) bond motifs is 1. The minimum absolute atomic E-state index is 0.0756. The van der Waals surface area contributed by atoms with Gasteiger partial charge in [0.05, 0.1) is 11.6 Å². The first-order valence-electron chi connectivity index (χ1n) is 8.66. The summed E-state index contributed by atoms with van der Waals surface area (Å²) in [5.74, 6) is -1.49. The van der Waals surface area contributed by atoms with Crippen molar-refractivity contribution >= 4 is 22.7 Å². The Bertz CT molecular complexity index is 976. The summed E-state index contributed by atoms with van der Waals surface area (Å²) in [5, 5.41) is 10.4. The second-order valence-electron chi connectivity index (χ2n) is 6.17.